The molecule has 0 atom stereocenters. The standard InChI is InChI=1S/C34H37N5O3/c35-16-8-20-39(34(41)29-11-7-17-36-23-29)24-26-9-6-10-27(21-26)28-14-15-32(38-18-4-5-19-38)31(22-28)37-33(40)25-42-30-12-2-1-3-13-30/h1-3,6-7,9-15,17,21-23H,4-5,8,16,18-20,24-25,35H2,(H,37,40). The summed E-state index contributed by atoms with van der Waals surface area (Å²) in [7, 11) is 0. The van der Waals surface area contributed by atoms with Crippen LogP contribution in [-0.4, -0.2) is 54.5 Å². The molecule has 0 unspecified atom stereocenters. The first-order chi connectivity index (χ1) is 20.6. The van der Waals surface area contributed by atoms with Crippen LogP contribution in [0.1, 0.15) is 35.2 Å². The average molecular weight is 564 g/mol. The third-order valence-corrected chi connectivity index (χ3v) is 7.29. The van der Waals surface area contributed by atoms with Gasteiger partial charge in [0, 0.05) is 38.6 Å². The smallest absolute Gasteiger partial charge is 0.262 e. The van der Waals surface area contributed by atoms with Gasteiger partial charge in [0.15, 0.2) is 6.61 Å². The van der Waals surface area contributed by atoms with Crippen molar-refractivity contribution in [1.29, 1.82) is 0 Å². The number of para-hydroxylation sites is 1. The molecule has 42 heavy (non-hydrogen) atoms. The number of ether oxygens (including phenoxy) is 1. The van der Waals surface area contributed by atoms with Crippen LogP contribution in [0, 0.1) is 0 Å². The molecular formula is C34H37N5O3. The van der Waals surface area contributed by atoms with Gasteiger partial charge in [-0.1, -0.05) is 42.5 Å². The third-order valence-electron chi connectivity index (χ3n) is 7.29. The van der Waals surface area contributed by atoms with Crippen LogP contribution < -0.4 is 20.7 Å². The number of hydrogen-bond acceptors (Lipinski definition) is 6. The number of aromatic nitrogens is 1. The van der Waals surface area contributed by atoms with E-state index < -0.39 is 0 Å². The Bertz CT molecular complexity index is 1470. The summed E-state index contributed by atoms with van der Waals surface area (Å²) in [5.41, 5.74) is 11.1. The van der Waals surface area contributed by atoms with Crippen LogP contribution in [0.5, 0.6) is 5.75 Å². The van der Waals surface area contributed by atoms with Crippen LogP contribution in [0.4, 0.5) is 11.4 Å². The molecule has 1 aromatic heterocycles. The second-order valence-corrected chi connectivity index (χ2v) is 10.4. The molecule has 1 fully saturated rings. The zero-order valence-electron chi connectivity index (χ0n) is 23.7. The minimum atomic E-state index is -0.213. The number of nitrogens with zero attached hydrogens (tertiary/aromatic N) is 3. The number of nitrogens with two attached hydrogens (primary N) is 1. The highest BCUT2D eigenvalue weighted by Gasteiger charge is 2.19. The lowest BCUT2D eigenvalue weighted by Crippen LogP contribution is -2.32. The highest BCUT2D eigenvalue weighted by Crippen LogP contribution is 2.34. The fraction of sp³-hybridized carbons (Fsp3) is 0.265. The van der Waals surface area contributed by atoms with Gasteiger partial charge < -0.3 is 25.6 Å². The van der Waals surface area contributed by atoms with E-state index >= 15 is 0 Å². The summed E-state index contributed by atoms with van der Waals surface area (Å²) >= 11 is 0. The molecule has 216 valence electrons. The van der Waals surface area contributed by atoms with E-state index in [9.17, 15) is 9.59 Å². The Labute approximate surface area is 247 Å². The lowest BCUT2D eigenvalue weighted by atomic mass is 10.0. The van der Waals surface area contributed by atoms with Crippen molar-refractivity contribution in [1.82, 2.24) is 9.88 Å². The van der Waals surface area contributed by atoms with Gasteiger partial charge in [0.25, 0.3) is 11.8 Å². The van der Waals surface area contributed by atoms with Gasteiger partial charge in [-0.15, -0.1) is 0 Å². The normalized spacial score (nSPS) is 12.6. The summed E-state index contributed by atoms with van der Waals surface area (Å²) in [5, 5.41) is 3.09. The lowest BCUT2D eigenvalue weighted by Gasteiger charge is -2.24. The monoisotopic (exact) mass is 563 g/mol. The number of pyridine rings is 1. The van der Waals surface area contributed by atoms with Crippen molar-refractivity contribution in [3.63, 3.8) is 0 Å². The highest BCUT2D eigenvalue weighted by molar-refractivity contribution is 5.96. The van der Waals surface area contributed by atoms with Crippen LogP contribution in [0.25, 0.3) is 11.1 Å². The molecule has 8 heteroatoms. The number of carbonyl (C=O) groups is 2. The van der Waals surface area contributed by atoms with Crippen LogP contribution in [0.2, 0.25) is 0 Å². The van der Waals surface area contributed by atoms with E-state index in [1.807, 2.05) is 59.5 Å². The molecule has 5 rings (SSSR count). The van der Waals surface area contributed by atoms with E-state index in [1.54, 1.807) is 24.5 Å². The van der Waals surface area contributed by atoms with Crippen molar-refractivity contribution < 1.29 is 14.3 Å². The van der Waals surface area contributed by atoms with Gasteiger partial charge in [-0.3, -0.25) is 14.6 Å². The largest absolute Gasteiger partial charge is 0.484 e. The molecule has 2 heterocycles. The molecule has 2 amide bonds. The van der Waals surface area contributed by atoms with Gasteiger partial charge in [-0.05, 0) is 85.0 Å². The van der Waals surface area contributed by atoms with Gasteiger partial charge in [0.1, 0.15) is 5.75 Å². The Hall–Kier alpha value is -4.69. The summed E-state index contributed by atoms with van der Waals surface area (Å²) < 4.78 is 5.68. The van der Waals surface area contributed by atoms with Crippen molar-refractivity contribution in [3.05, 3.63) is 108 Å². The van der Waals surface area contributed by atoms with Crippen LogP contribution in [-0.2, 0) is 11.3 Å². The molecule has 8 nitrogen and oxygen atoms in total. The first-order valence-electron chi connectivity index (χ1n) is 14.5. The van der Waals surface area contributed by atoms with E-state index in [0.29, 0.717) is 37.4 Å². The van der Waals surface area contributed by atoms with Crippen molar-refractivity contribution in [2.24, 2.45) is 5.73 Å². The Morgan fingerprint density at radius 3 is 2.50 bits per heavy atom. The van der Waals surface area contributed by atoms with E-state index in [-0.39, 0.29) is 18.4 Å². The summed E-state index contributed by atoms with van der Waals surface area (Å²) in [5.74, 6) is 0.370. The zero-order valence-corrected chi connectivity index (χ0v) is 23.7. The predicted octanol–water partition coefficient (Wildman–Crippen LogP) is 5.36. The molecule has 0 spiro atoms. The maximum atomic E-state index is 13.3. The minimum Gasteiger partial charge on any atom is -0.484 e. The predicted molar refractivity (Wildman–Crippen MR) is 167 cm³/mol. The van der Waals surface area contributed by atoms with E-state index in [4.69, 9.17) is 10.5 Å². The van der Waals surface area contributed by atoms with Gasteiger partial charge in [0.05, 0.1) is 16.9 Å². The molecule has 3 aromatic carbocycles. The summed E-state index contributed by atoms with van der Waals surface area (Å²) in [6, 6.07) is 27.3. The van der Waals surface area contributed by atoms with Gasteiger partial charge in [-0.25, -0.2) is 0 Å². The van der Waals surface area contributed by atoms with E-state index in [1.165, 1.54) is 0 Å². The first-order valence-corrected chi connectivity index (χ1v) is 14.5. The van der Waals surface area contributed by atoms with Crippen molar-refractivity contribution in [2.45, 2.75) is 25.8 Å². The maximum Gasteiger partial charge on any atom is 0.262 e. The topological polar surface area (TPSA) is 101 Å². The van der Waals surface area contributed by atoms with E-state index in [0.717, 1.165) is 54.0 Å². The molecule has 1 saturated heterocycles. The van der Waals surface area contributed by atoms with E-state index in [2.05, 4.69) is 33.4 Å². The molecule has 1 aliphatic rings. The molecule has 1 aliphatic heterocycles. The number of benzene rings is 3. The Kier molecular flexibility index (Phi) is 9.80. The number of amides is 2. The summed E-state index contributed by atoms with van der Waals surface area (Å²) in [6.07, 6.45) is 6.23. The van der Waals surface area contributed by atoms with Crippen LogP contribution in [0.3, 0.4) is 0 Å². The lowest BCUT2D eigenvalue weighted by molar-refractivity contribution is -0.118. The maximum absolute atomic E-state index is 13.3. The average Bonchev–Trinajstić information content (AvgIpc) is 3.58. The third kappa shape index (κ3) is 7.53. The number of rotatable bonds is 12. The molecule has 3 N–H and O–H groups in total. The SMILES string of the molecule is NCCCN(Cc1cccc(-c2ccc(N3CCCC3)c(NC(=O)COc3ccccc3)c2)c1)C(=O)c1cccnc1. The zero-order chi connectivity index (χ0) is 29.1. The van der Waals surface area contributed by atoms with Gasteiger partial charge >= 0.3 is 0 Å². The fourth-order valence-corrected chi connectivity index (χ4v) is 5.18. The van der Waals surface area contributed by atoms with Crippen molar-refractivity contribution in [3.8, 4) is 16.9 Å². The molecule has 0 radical (unpaired) electrons. The Morgan fingerprint density at radius 2 is 1.74 bits per heavy atom. The molecule has 0 saturated carbocycles. The van der Waals surface area contributed by atoms with Gasteiger partial charge in [0.2, 0.25) is 0 Å². The number of hydrogen-bond donors (Lipinski definition) is 2. The van der Waals surface area contributed by atoms with Crippen molar-refractivity contribution >= 4 is 23.2 Å². The fourth-order valence-electron chi connectivity index (χ4n) is 5.18. The Balaban J connectivity index is 1.36. The molecule has 0 bridgehead atoms. The van der Waals surface area contributed by atoms with Crippen molar-refractivity contribution in [2.75, 3.05) is 43.0 Å². The molecular weight excluding hydrogens is 526 g/mol. The first kappa shape index (κ1) is 28.8. The minimum absolute atomic E-state index is 0.0698. The quantitative estimate of drug-likeness (QED) is 0.241. The second-order valence-electron chi connectivity index (χ2n) is 10.4. The summed E-state index contributed by atoms with van der Waals surface area (Å²) in [4.78, 5) is 34.4. The van der Waals surface area contributed by atoms with Gasteiger partial charge in [-0.2, -0.15) is 0 Å². The number of nitrogens with one attached hydrogen (secondary N) is 1. The Morgan fingerprint density at radius 1 is 0.929 bits per heavy atom. The number of anilines is 2. The van der Waals surface area contributed by atoms with Crippen LogP contribution in [0.15, 0.2) is 97.3 Å². The molecule has 4 aromatic rings. The number of carbonyl (C=O) groups excluding carboxylic acids is 2. The highest BCUT2D eigenvalue weighted by atomic mass is 16.5. The van der Waals surface area contributed by atoms with Crippen LogP contribution >= 0.6 is 0 Å². The molecule has 0 aliphatic carbocycles. The summed E-state index contributed by atoms with van der Waals surface area (Å²) in [6.45, 7) is 3.36. The second kappa shape index (κ2) is 14.3.